The summed E-state index contributed by atoms with van der Waals surface area (Å²) >= 11 is 0. The quantitative estimate of drug-likeness (QED) is 0.734. The van der Waals surface area contributed by atoms with E-state index in [-0.39, 0.29) is 5.56 Å². The number of anilines is 1. The van der Waals surface area contributed by atoms with Crippen LogP contribution < -0.4 is 10.5 Å². The van der Waals surface area contributed by atoms with Gasteiger partial charge in [-0.3, -0.25) is 9.36 Å². The smallest absolute Gasteiger partial charge is 0.252 e. The highest BCUT2D eigenvalue weighted by Gasteiger charge is 2.17. The summed E-state index contributed by atoms with van der Waals surface area (Å²) in [5, 5.41) is 0.898. The molecule has 1 fully saturated rings. The summed E-state index contributed by atoms with van der Waals surface area (Å²) in [5.74, 6) is 0.866. The van der Waals surface area contributed by atoms with E-state index in [2.05, 4.69) is 14.9 Å². The van der Waals surface area contributed by atoms with Crippen LogP contribution >= 0.6 is 0 Å². The van der Waals surface area contributed by atoms with Gasteiger partial charge in [0.2, 0.25) is 0 Å². The second kappa shape index (κ2) is 6.41. The highest BCUT2D eigenvalue weighted by atomic mass is 16.5. The molecule has 4 rings (SSSR count). The third-order valence-electron chi connectivity index (χ3n) is 4.25. The summed E-state index contributed by atoms with van der Waals surface area (Å²) in [6.45, 7) is 3.47. The first-order valence-electron chi connectivity index (χ1n) is 8.04. The summed E-state index contributed by atoms with van der Waals surface area (Å²) in [6.07, 6.45) is 1.54. The van der Waals surface area contributed by atoms with Crippen LogP contribution in [0.2, 0.25) is 0 Å². The Morgan fingerprint density at radius 1 is 1.00 bits per heavy atom. The van der Waals surface area contributed by atoms with Gasteiger partial charge in [-0.25, -0.2) is 9.97 Å². The molecule has 24 heavy (non-hydrogen) atoms. The van der Waals surface area contributed by atoms with Crippen LogP contribution in [0, 0.1) is 0 Å². The zero-order valence-electron chi connectivity index (χ0n) is 13.3. The Balaban J connectivity index is 1.82. The number of pyridine rings is 1. The predicted octanol–water partition coefficient (Wildman–Crippen LogP) is 1.68. The Morgan fingerprint density at radius 2 is 1.79 bits per heavy atom. The summed E-state index contributed by atoms with van der Waals surface area (Å²) in [4.78, 5) is 23.4. The lowest BCUT2D eigenvalue weighted by Crippen LogP contribution is -2.37. The maximum absolute atomic E-state index is 12.4. The summed E-state index contributed by atoms with van der Waals surface area (Å²) in [7, 11) is 0. The van der Waals surface area contributed by atoms with Gasteiger partial charge in [0.15, 0.2) is 0 Å². The SMILES string of the molecule is O=c1ccc2c(N3CCOCC3)ncnc2n1Cc1ccccc1. The highest BCUT2D eigenvalue weighted by molar-refractivity contribution is 5.87. The first kappa shape index (κ1) is 14.8. The van der Waals surface area contributed by atoms with Crippen LogP contribution in [0.25, 0.3) is 11.0 Å². The maximum Gasteiger partial charge on any atom is 0.252 e. The second-order valence-corrected chi connectivity index (χ2v) is 5.78. The largest absolute Gasteiger partial charge is 0.378 e. The van der Waals surface area contributed by atoms with E-state index in [1.165, 1.54) is 6.33 Å². The molecule has 0 spiro atoms. The van der Waals surface area contributed by atoms with Crippen LogP contribution in [0.3, 0.4) is 0 Å². The molecule has 1 aliphatic heterocycles. The minimum atomic E-state index is -0.0574. The standard InChI is InChI=1S/C18H18N4O2/c23-16-7-6-15-17(21-8-10-24-11-9-21)19-13-20-18(15)22(16)12-14-4-2-1-3-5-14/h1-7,13H,8-12H2. The monoisotopic (exact) mass is 322 g/mol. The van der Waals surface area contributed by atoms with Gasteiger partial charge < -0.3 is 9.64 Å². The van der Waals surface area contributed by atoms with Crippen LogP contribution in [0.1, 0.15) is 5.56 Å². The van der Waals surface area contributed by atoms with E-state index in [1.807, 2.05) is 36.4 Å². The van der Waals surface area contributed by atoms with Crippen molar-refractivity contribution in [2.75, 3.05) is 31.2 Å². The fraction of sp³-hybridized carbons (Fsp3) is 0.278. The second-order valence-electron chi connectivity index (χ2n) is 5.78. The van der Waals surface area contributed by atoms with Crippen LogP contribution in [0.15, 0.2) is 53.6 Å². The van der Waals surface area contributed by atoms with Crippen molar-refractivity contribution in [2.45, 2.75) is 6.54 Å². The first-order valence-corrected chi connectivity index (χ1v) is 8.04. The lowest BCUT2D eigenvalue weighted by atomic mass is 10.2. The van der Waals surface area contributed by atoms with Crippen molar-refractivity contribution in [1.82, 2.24) is 14.5 Å². The molecule has 6 heteroatoms. The summed E-state index contributed by atoms with van der Waals surface area (Å²) in [6, 6.07) is 13.3. The zero-order chi connectivity index (χ0) is 16.4. The minimum absolute atomic E-state index is 0.0574. The van der Waals surface area contributed by atoms with Crippen molar-refractivity contribution in [3.63, 3.8) is 0 Å². The highest BCUT2D eigenvalue weighted by Crippen LogP contribution is 2.22. The number of fused-ring (bicyclic) bond motifs is 1. The molecular formula is C18H18N4O2. The average Bonchev–Trinajstić information content (AvgIpc) is 2.65. The molecule has 1 saturated heterocycles. The molecule has 122 valence electrons. The molecule has 3 aromatic rings. The Hall–Kier alpha value is -2.73. The van der Waals surface area contributed by atoms with E-state index in [1.54, 1.807) is 10.6 Å². The first-order chi connectivity index (χ1) is 11.8. The van der Waals surface area contributed by atoms with Crippen LogP contribution in [-0.4, -0.2) is 40.8 Å². The number of aromatic nitrogens is 3. The third-order valence-corrected chi connectivity index (χ3v) is 4.25. The maximum atomic E-state index is 12.4. The van der Waals surface area contributed by atoms with Crippen molar-refractivity contribution < 1.29 is 4.74 Å². The molecule has 0 radical (unpaired) electrons. The van der Waals surface area contributed by atoms with Gasteiger partial charge in [-0.05, 0) is 11.6 Å². The molecule has 3 heterocycles. The van der Waals surface area contributed by atoms with E-state index in [9.17, 15) is 4.79 Å². The number of benzene rings is 1. The molecule has 0 aliphatic carbocycles. The van der Waals surface area contributed by atoms with Crippen molar-refractivity contribution in [1.29, 1.82) is 0 Å². The lowest BCUT2D eigenvalue weighted by Gasteiger charge is -2.28. The van der Waals surface area contributed by atoms with Gasteiger partial charge in [-0.2, -0.15) is 0 Å². The minimum Gasteiger partial charge on any atom is -0.378 e. The molecule has 0 saturated carbocycles. The topological polar surface area (TPSA) is 60.3 Å². The van der Waals surface area contributed by atoms with E-state index < -0.39 is 0 Å². The van der Waals surface area contributed by atoms with E-state index in [4.69, 9.17) is 4.74 Å². The van der Waals surface area contributed by atoms with Crippen LogP contribution in [0.5, 0.6) is 0 Å². The Morgan fingerprint density at radius 3 is 2.58 bits per heavy atom. The van der Waals surface area contributed by atoms with Crippen molar-refractivity contribution in [3.8, 4) is 0 Å². The fourth-order valence-corrected chi connectivity index (χ4v) is 3.04. The van der Waals surface area contributed by atoms with Crippen LogP contribution in [0.4, 0.5) is 5.82 Å². The Bertz CT molecular complexity index is 902. The predicted molar refractivity (Wildman–Crippen MR) is 92.4 cm³/mol. The summed E-state index contributed by atoms with van der Waals surface area (Å²) < 4.78 is 7.12. The number of rotatable bonds is 3. The summed E-state index contributed by atoms with van der Waals surface area (Å²) in [5.41, 5.74) is 1.68. The average molecular weight is 322 g/mol. The molecule has 0 bridgehead atoms. The van der Waals surface area contributed by atoms with Gasteiger partial charge in [0.25, 0.3) is 5.56 Å². The number of ether oxygens (including phenoxy) is 1. The normalized spacial score (nSPS) is 14.9. The molecular weight excluding hydrogens is 304 g/mol. The van der Waals surface area contributed by atoms with Crippen molar-refractivity contribution in [3.05, 3.63) is 64.7 Å². The molecule has 0 atom stereocenters. The van der Waals surface area contributed by atoms with E-state index >= 15 is 0 Å². The zero-order valence-corrected chi connectivity index (χ0v) is 13.3. The lowest BCUT2D eigenvalue weighted by molar-refractivity contribution is 0.122. The molecule has 0 amide bonds. The van der Waals surface area contributed by atoms with E-state index in [0.29, 0.717) is 25.4 Å². The van der Waals surface area contributed by atoms with Gasteiger partial charge in [0.1, 0.15) is 17.8 Å². The van der Waals surface area contributed by atoms with E-state index in [0.717, 1.165) is 29.9 Å². The molecule has 1 aromatic carbocycles. The number of nitrogens with zero attached hydrogens (tertiary/aromatic N) is 4. The number of hydrogen-bond donors (Lipinski definition) is 0. The molecule has 6 nitrogen and oxygen atoms in total. The van der Waals surface area contributed by atoms with Gasteiger partial charge in [0.05, 0.1) is 25.1 Å². The van der Waals surface area contributed by atoms with Gasteiger partial charge in [-0.15, -0.1) is 0 Å². The number of morpholine rings is 1. The van der Waals surface area contributed by atoms with Gasteiger partial charge in [-0.1, -0.05) is 30.3 Å². The molecule has 0 unspecified atom stereocenters. The van der Waals surface area contributed by atoms with Crippen LogP contribution in [-0.2, 0) is 11.3 Å². The molecule has 1 aliphatic rings. The molecule has 0 N–H and O–H groups in total. The third kappa shape index (κ3) is 2.76. The van der Waals surface area contributed by atoms with Crippen molar-refractivity contribution in [2.24, 2.45) is 0 Å². The Labute approximate surface area is 139 Å². The fourth-order valence-electron chi connectivity index (χ4n) is 3.04. The Kier molecular flexibility index (Phi) is 3.96. The van der Waals surface area contributed by atoms with Gasteiger partial charge >= 0.3 is 0 Å². The molecule has 2 aromatic heterocycles. The number of hydrogen-bond acceptors (Lipinski definition) is 5. The van der Waals surface area contributed by atoms with Crippen molar-refractivity contribution >= 4 is 16.9 Å². The van der Waals surface area contributed by atoms with Gasteiger partial charge in [0, 0.05) is 19.2 Å².